The summed E-state index contributed by atoms with van der Waals surface area (Å²) >= 11 is 1.45. The Morgan fingerprint density at radius 3 is 2.70 bits per heavy atom. The lowest BCUT2D eigenvalue weighted by Gasteiger charge is -2.04. The quantitative estimate of drug-likeness (QED) is 0.725. The van der Waals surface area contributed by atoms with Gasteiger partial charge in [0.15, 0.2) is 0 Å². The Balaban J connectivity index is 1.73. The number of amides is 1. The second kappa shape index (κ2) is 6.59. The first-order valence-electron chi connectivity index (χ1n) is 7.08. The van der Waals surface area contributed by atoms with Crippen molar-refractivity contribution >= 4 is 34.3 Å². The van der Waals surface area contributed by atoms with Crippen molar-refractivity contribution in [3.05, 3.63) is 59.9 Å². The van der Waals surface area contributed by atoms with Crippen LogP contribution in [0.5, 0.6) is 0 Å². The van der Waals surface area contributed by atoms with Crippen LogP contribution in [0.1, 0.15) is 11.3 Å². The summed E-state index contributed by atoms with van der Waals surface area (Å²) in [4.78, 5) is 13.2. The fraction of sp³-hybridized carbons (Fsp3) is 0.111. The van der Waals surface area contributed by atoms with E-state index in [1.807, 2.05) is 55.5 Å². The van der Waals surface area contributed by atoms with Crippen molar-refractivity contribution in [2.24, 2.45) is 0 Å². The van der Waals surface area contributed by atoms with Crippen LogP contribution in [0.4, 0.5) is 5.69 Å². The zero-order valence-electron chi connectivity index (χ0n) is 12.5. The first-order valence-corrected chi connectivity index (χ1v) is 8.07. The van der Waals surface area contributed by atoms with Gasteiger partial charge in [0.2, 0.25) is 11.7 Å². The number of furan rings is 1. The van der Waals surface area contributed by atoms with Gasteiger partial charge in [-0.15, -0.1) is 11.8 Å². The number of hydrogen-bond donors (Lipinski definition) is 1. The van der Waals surface area contributed by atoms with Gasteiger partial charge in [-0.05, 0) is 31.2 Å². The highest BCUT2D eigenvalue weighted by Crippen LogP contribution is 2.30. The lowest BCUT2D eigenvalue weighted by molar-refractivity contribution is -0.113. The van der Waals surface area contributed by atoms with E-state index in [-0.39, 0.29) is 17.4 Å². The SMILES string of the molecule is Cc1ccc(SCC(=O)Nc2c(C#N)oc3ccccc23)cc1. The molecule has 1 heterocycles. The van der Waals surface area contributed by atoms with E-state index in [2.05, 4.69) is 5.32 Å². The lowest BCUT2D eigenvalue weighted by Crippen LogP contribution is -2.14. The molecule has 0 saturated heterocycles. The third-order valence-corrected chi connectivity index (χ3v) is 4.36. The van der Waals surface area contributed by atoms with Crippen molar-refractivity contribution in [3.8, 4) is 6.07 Å². The molecule has 1 N–H and O–H groups in total. The predicted molar refractivity (Wildman–Crippen MR) is 91.5 cm³/mol. The molecule has 0 saturated carbocycles. The molecule has 0 bridgehead atoms. The van der Waals surface area contributed by atoms with Gasteiger partial charge in [0.1, 0.15) is 17.3 Å². The standard InChI is InChI=1S/C18H14N2O2S/c1-12-6-8-13(9-7-12)23-11-17(21)20-18-14-4-2-3-5-15(14)22-16(18)10-19/h2-9H,11H2,1H3,(H,20,21). The summed E-state index contributed by atoms with van der Waals surface area (Å²) in [5, 5.41) is 12.7. The molecule has 0 spiro atoms. The molecule has 3 rings (SSSR count). The Labute approximate surface area is 138 Å². The molecule has 1 aromatic heterocycles. The van der Waals surface area contributed by atoms with E-state index in [9.17, 15) is 4.79 Å². The number of aryl methyl sites for hydroxylation is 1. The Hall–Kier alpha value is -2.71. The summed E-state index contributed by atoms with van der Waals surface area (Å²) in [6, 6.07) is 17.2. The molecule has 0 radical (unpaired) electrons. The highest BCUT2D eigenvalue weighted by atomic mass is 32.2. The number of benzene rings is 2. The molecular formula is C18H14N2O2S. The number of carbonyl (C=O) groups excluding carboxylic acids is 1. The van der Waals surface area contributed by atoms with Crippen LogP contribution in [-0.4, -0.2) is 11.7 Å². The second-order valence-electron chi connectivity index (χ2n) is 5.06. The molecule has 114 valence electrons. The lowest BCUT2D eigenvalue weighted by atomic mass is 10.2. The Morgan fingerprint density at radius 2 is 1.96 bits per heavy atom. The molecule has 23 heavy (non-hydrogen) atoms. The number of nitrogens with zero attached hydrogens (tertiary/aromatic N) is 1. The van der Waals surface area contributed by atoms with Gasteiger partial charge >= 0.3 is 0 Å². The van der Waals surface area contributed by atoms with Gasteiger partial charge in [-0.25, -0.2) is 0 Å². The zero-order chi connectivity index (χ0) is 16.2. The highest BCUT2D eigenvalue weighted by molar-refractivity contribution is 8.00. The van der Waals surface area contributed by atoms with Crippen LogP contribution in [0.25, 0.3) is 11.0 Å². The molecule has 0 aliphatic rings. The summed E-state index contributed by atoms with van der Waals surface area (Å²) in [5.74, 6) is 0.228. The van der Waals surface area contributed by atoms with Gasteiger partial charge in [-0.1, -0.05) is 29.8 Å². The van der Waals surface area contributed by atoms with Gasteiger partial charge in [-0.3, -0.25) is 4.79 Å². The fourth-order valence-corrected chi connectivity index (χ4v) is 2.91. The summed E-state index contributed by atoms with van der Waals surface area (Å²) in [7, 11) is 0. The number of para-hydroxylation sites is 1. The van der Waals surface area contributed by atoms with Crippen LogP contribution in [0, 0.1) is 18.3 Å². The summed E-state index contributed by atoms with van der Waals surface area (Å²) in [6.45, 7) is 2.02. The number of anilines is 1. The van der Waals surface area contributed by atoms with Crippen molar-refractivity contribution in [1.82, 2.24) is 0 Å². The van der Waals surface area contributed by atoms with Gasteiger partial charge < -0.3 is 9.73 Å². The van der Waals surface area contributed by atoms with Crippen LogP contribution in [0.2, 0.25) is 0 Å². The smallest absolute Gasteiger partial charge is 0.234 e. The third kappa shape index (κ3) is 3.38. The number of hydrogen-bond acceptors (Lipinski definition) is 4. The van der Waals surface area contributed by atoms with Crippen LogP contribution in [0.15, 0.2) is 57.8 Å². The molecule has 0 fully saturated rings. The second-order valence-corrected chi connectivity index (χ2v) is 6.11. The average Bonchev–Trinajstić information content (AvgIpc) is 2.92. The maximum Gasteiger partial charge on any atom is 0.234 e. The Morgan fingerprint density at radius 1 is 1.22 bits per heavy atom. The number of fused-ring (bicyclic) bond motifs is 1. The van der Waals surface area contributed by atoms with Gasteiger partial charge in [0.05, 0.1) is 5.75 Å². The molecule has 2 aromatic carbocycles. The molecule has 0 aliphatic carbocycles. The van der Waals surface area contributed by atoms with Gasteiger partial charge in [0.25, 0.3) is 0 Å². The zero-order valence-corrected chi connectivity index (χ0v) is 13.3. The van der Waals surface area contributed by atoms with Gasteiger partial charge in [0, 0.05) is 10.3 Å². The minimum absolute atomic E-state index is 0.125. The third-order valence-electron chi connectivity index (χ3n) is 3.35. The fourth-order valence-electron chi connectivity index (χ4n) is 2.21. The average molecular weight is 322 g/mol. The van der Waals surface area contributed by atoms with Crippen molar-refractivity contribution < 1.29 is 9.21 Å². The van der Waals surface area contributed by atoms with Crippen molar-refractivity contribution in [2.75, 3.05) is 11.1 Å². The Bertz CT molecular complexity index is 892. The molecule has 5 heteroatoms. The molecule has 3 aromatic rings. The van der Waals surface area contributed by atoms with E-state index < -0.39 is 0 Å². The number of thioether (sulfide) groups is 1. The van der Waals surface area contributed by atoms with Crippen LogP contribution in [0.3, 0.4) is 0 Å². The van der Waals surface area contributed by atoms with Crippen molar-refractivity contribution in [2.45, 2.75) is 11.8 Å². The van der Waals surface area contributed by atoms with E-state index in [4.69, 9.17) is 9.68 Å². The summed E-state index contributed by atoms with van der Waals surface area (Å²) in [5.41, 5.74) is 2.21. The molecule has 0 atom stereocenters. The number of rotatable bonds is 4. The molecule has 0 unspecified atom stereocenters. The topological polar surface area (TPSA) is 66.0 Å². The summed E-state index contributed by atoms with van der Waals surface area (Å²) < 4.78 is 5.44. The Kier molecular flexibility index (Phi) is 4.35. The van der Waals surface area contributed by atoms with E-state index >= 15 is 0 Å². The van der Waals surface area contributed by atoms with E-state index in [0.29, 0.717) is 11.3 Å². The summed E-state index contributed by atoms with van der Waals surface area (Å²) in [6.07, 6.45) is 0. The van der Waals surface area contributed by atoms with E-state index in [0.717, 1.165) is 10.3 Å². The van der Waals surface area contributed by atoms with Crippen LogP contribution < -0.4 is 5.32 Å². The van der Waals surface area contributed by atoms with Crippen LogP contribution >= 0.6 is 11.8 Å². The molecule has 0 aliphatic heterocycles. The van der Waals surface area contributed by atoms with Crippen molar-refractivity contribution in [3.63, 3.8) is 0 Å². The van der Waals surface area contributed by atoms with E-state index in [1.165, 1.54) is 17.3 Å². The van der Waals surface area contributed by atoms with Crippen LogP contribution in [-0.2, 0) is 4.79 Å². The minimum Gasteiger partial charge on any atom is -0.443 e. The van der Waals surface area contributed by atoms with Crippen molar-refractivity contribution in [1.29, 1.82) is 5.26 Å². The molecule has 1 amide bonds. The van der Waals surface area contributed by atoms with E-state index in [1.54, 1.807) is 6.07 Å². The first kappa shape index (κ1) is 15.2. The minimum atomic E-state index is -0.168. The molecule has 4 nitrogen and oxygen atoms in total. The maximum absolute atomic E-state index is 12.2. The number of nitriles is 1. The number of carbonyl (C=O) groups is 1. The van der Waals surface area contributed by atoms with Gasteiger partial charge in [-0.2, -0.15) is 5.26 Å². The largest absolute Gasteiger partial charge is 0.443 e. The predicted octanol–water partition coefficient (Wildman–Crippen LogP) is 4.34. The first-order chi connectivity index (χ1) is 11.2. The normalized spacial score (nSPS) is 10.4. The molecular weight excluding hydrogens is 308 g/mol. The highest BCUT2D eigenvalue weighted by Gasteiger charge is 2.16. The number of nitrogens with one attached hydrogen (secondary N) is 1. The monoisotopic (exact) mass is 322 g/mol. The maximum atomic E-state index is 12.2.